The normalized spacial score (nSPS) is 12.3. The van der Waals surface area contributed by atoms with Gasteiger partial charge in [0.05, 0.1) is 12.9 Å². The predicted molar refractivity (Wildman–Crippen MR) is 81.9 cm³/mol. The van der Waals surface area contributed by atoms with Gasteiger partial charge in [0.25, 0.3) is 0 Å². The molecule has 1 atom stereocenters. The van der Waals surface area contributed by atoms with Gasteiger partial charge in [0.15, 0.2) is 0 Å². The van der Waals surface area contributed by atoms with Crippen molar-refractivity contribution in [1.82, 2.24) is 0 Å². The highest BCUT2D eigenvalue weighted by molar-refractivity contribution is 5.51. The summed E-state index contributed by atoms with van der Waals surface area (Å²) in [4.78, 5) is 0. The Morgan fingerprint density at radius 3 is 2.80 bits per heavy atom. The molecular weight excluding hydrogens is 250 g/mol. The molecule has 2 rings (SSSR count). The van der Waals surface area contributed by atoms with E-state index in [4.69, 9.17) is 9.15 Å². The van der Waals surface area contributed by atoms with E-state index in [-0.39, 0.29) is 0 Å². The van der Waals surface area contributed by atoms with Crippen molar-refractivity contribution in [2.75, 3.05) is 11.9 Å². The topological polar surface area (TPSA) is 34.4 Å². The van der Waals surface area contributed by atoms with E-state index in [2.05, 4.69) is 30.4 Å². The number of rotatable bonds is 8. The van der Waals surface area contributed by atoms with Gasteiger partial charge in [-0.1, -0.05) is 18.2 Å². The third-order valence-corrected chi connectivity index (χ3v) is 3.28. The van der Waals surface area contributed by atoms with Gasteiger partial charge < -0.3 is 14.5 Å². The zero-order chi connectivity index (χ0) is 14.2. The maximum absolute atomic E-state index is 5.51. The average Bonchev–Trinajstić information content (AvgIpc) is 2.97. The third-order valence-electron chi connectivity index (χ3n) is 3.28. The third kappa shape index (κ3) is 4.42. The Morgan fingerprint density at radius 1 is 1.20 bits per heavy atom. The molecule has 1 heterocycles. The van der Waals surface area contributed by atoms with Gasteiger partial charge in [0.1, 0.15) is 5.76 Å². The zero-order valence-corrected chi connectivity index (χ0v) is 12.3. The number of furan rings is 1. The lowest BCUT2D eigenvalue weighted by molar-refractivity contribution is 0.134. The number of hydrogen-bond acceptors (Lipinski definition) is 3. The molecule has 1 unspecified atom stereocenters. The lowest BCUT2D eigenvalue weighted by Gasteiger charge is -2.17. The minimum atomic E-state index is 0.392. The van der Waals surface area contributed by atoms with Crippen LogP contribution in [0.15, 0.2) is 47.1 Å². The Kier molecular flexibility index (Phi) is 5.69. The van der Waals surface area contributed by atoms with Crippen molar-refractivity contribution in [3.63, 3.8) is 0 Å². The monoisotopic (exact) mass is 273 g/mol. The van der Waals surface area contributed by atoms with Crippen LogP contribution >= 0.6 is 0 Å². The Hall–Kier alpha value is -1.74. The second-order valence-electron chi connectivity index (χ2n) is 4.96. The molecule has 0 aliphatic rings. The fourth-order valence-electron chi connectivity index (χ4n) is 2.15. The summed E-state index contributed by atoms with van der Waals surface area (Å²) in [5.74, 6) is 1.04. The molecule has 1 aromatic carbocycles. The van der Waals surface area contributed by atoms with Crippen LogP contribution in [0.4, 0.5) is 5.69 Å². The van der Waals surface area contributed by atoms with Gasteiger partial charge in [0, 0.05) is 30.3 Å². The van der Waals surface area contributed by atoms with Crippen molar-refractivity contribution in [1.29, 1.82) is 0 Å². The fraction of sp³-hybridized carbons (Fsp3) is 0.412. The number of nitrogens with one attached hydrogen (secondary N) is 1. The smallest absolute Gasteiger partial charge is 0.103 e. The first-order chi connectivity index (χ1) is 9.79. The second kappa shape index (κ2) is 7.75. The van der Waals surface area contributed by atoms with E-state index in [1.807, 2.05) is 25.1 Å². The fourth-order valence-corrected chi connectivity index (χ4v) is 2.15. The maximum Gasteiger partial charge on any atom is 0.103 e. The van der Waals surface area contributed by atoms with E-state index >= 15 is 0 Å². The summed E-state index contributed by atoms with van der Waals surface area (Å²) < 4.78 is 10.9. The summed E-state index contributed by atoms with van der Waals surface area (Å²) >= 11 is 0. The second-order valence-corrected chi connectivity index (χ2v) is 4.96. The Morgan fingerprint density at radius 2 is 2.05 bits per heavy atom. The number of hydrogen-bond donors (Lipinski definition) is 1. The first kappa shape index (κ1) is 14.7. The van der Waals surface area contributed by atoms with E-state index in [0.717, 1.165) is 30.9 Å². The number of ether oxygens (including phenoxy) is 1. The Balaban J connectivity index is 1.88. The van der Waals surface area contributed by atoms with E-state index in [1.165, 1.54) is 5.56 Å². The predicted octanol–water partition coefficient (Wildman–Crippen LogP) is 4.25. The highest BCUT2D eigenvalue weighted by Crippen LogP contribution is 2.18. The summed E-state index contributed by atoms with van der Waals surface area (Å²) in [5.41, 5.74) is 2.37. The molecule has 0 fully saturated rings. The highest BCUT2D eigenvalue weighted by atomic mass is 16.5. The summed E-state index contributed by atoms with van der Waals surface area (Å²) in [7, 11) is 0. The van der Waals surface area contributed by atoms with Crippen LogP contribution in [0.1, 0.15) is 31.6 Å². The first-order valence-corrected chi connectivity index (χ1v) is 7.24. The molecule has 1 N–H and O–H groups in total. The molecule has 0 amide bonds. The SMILES string of the molecule is CCOCc1ccccc1NC(C)CCc1ccco1. The lowest BCUT2D eigenvalue weighted by Crippen LogP contribution is -2.17. The van der Waals surface area contributed by atoms with Gasteiger partial charge in [-0.2, -0.15) is 0 Å². The van der Waals surface area contributed by atoms with Crippen LogP contribution in [0.3, 0.4) is 0 Å². The van der Waals surface area contributed by atoms with Crippen molar-refractivity contribution in [2.24, 2.45) is 0 Å². The van der Waals surface area contributed by atoms with Crippen LogP contribution in [-0.2, 0) is 17.8 Å². The molecule has 108 valence electrons. The summed E-state index contributed by atoms with van der Waals surface area (Å²) in [5, 5.41) is 3.56. The number of anilines is 1. The molecule has 1 aromatic heterocycles. The van der Waals surface area contributed by atoms with Crippen molar-refractivity contribution in [3.8, 4) is 0 Å². The largest absolute Gasteiger partial charge is 0.469 e. The summed E-state index contributed by atoms with van der Waals surface area (Å²) in [6.45, 7) is 5.61. The molecule has 0 aliphatic carbocycles. The molecule has 3 nitrogen and oxygen atoms in total. The molecule has 0 bridgehead atoms. The van der Waals surface area contributed by atoms with Crippen LogP contribution in [0, 0.1) is 0 Å². The van der Waals surface area contributed by atoms with Crippen LogP contribution in [-0.4, -0.2) is 12.6 Å². The maximum atomic E-state index is 5.51. The Bertz CT molecular complexity index is 493. The number of benzene rings is 1. The van der Waals surface area contributed by atoms with Crippen molar-refractivity contribution >= 4 is 5.69 Å². The molecule has 3 heteroatoms. The summed E-state index contributed by atoms with van der Waals surface area (Å²) in [6, 6.07) is 12.7. The van der Waals surface area contributed by atoms with E-state index in [9.17, 15) is 0 Å². The van der Waals surface area contributed by atoms with Crippen LogP contribution in [0.5, 0.6) is 0 Å². The van der Waals surface area contributed by atoms with Crippen LogP contribution in [0.25, 0.3) is 0 Å². The lowest BCUT2D eigenvalue weighted by atomic mass is 10.1. The van der Waals surface area contributed by atoms with E-state index in [0.29, 0.717) is 12.6 Å². The molecule has 0 saturated heterocycles. The zero-order valence-electron chi connectivity index (χ0n) is 12.3. The van der Waals surface area contributed by atoms with Crippen molar-refractivity contribution < 1.29 is 9.15 Å². The molecule has 0 spiro atoms. The molecule has 0 aliphatic heterocycles. The molecule has 20 heavy (non-hydrogen) atoms. The van der Waals surface area contributed by atoms with Crippen LogP contribution in [0.2, 0.25) is 0 Å². The number of aryl methyl sites for hydroxylation is 1. The standard InChI is InChI=1S/C17H23NO2/c1-3-19-13-15-7-4-5-9-17(15)18-14(2)10-11-16-8-6-12-20-16/h4-9,12,14,18H,3,10-11,13H2,1-2H3. The van der Waals surface area contributed by atoms with Gasteiger partial charge >= 0.3 is 0 Å². The molecule has 2 aromatic rings. The van der Waals surface area contributed by atoms with Gasteiger partial charge in [-0.25, -0.2) is 0 Å². The molecule has 0 saturated carbocycles. The summed E-state index contributed by atoms with van der Waals surface area (Å²) in [6.07, 6.45) is 3.72. The number of para-hydroxylation sites is 1. The van der Waals surface area contributed by atoms with Gasteiger partial charge in [0.2, 0.25) is 0 Å². The molecule has 0 radical (unpaired) electrons. The van der Waals surface area contributed by atoms with Gasteiger partial charge in [-0.3, -0.25) is 0 Å². The van der Waals surface area contributed by atoms with Crippen LogP contribution < -0.4 is 5.32 Å². The van der Waals surface area contributed by atoms with Gasteiger partial charge in [-0.15, -0.1) is 0 Å². The first-order valence-electron chi connectivity index (χ1n) is 7.24. The quantitative estimate of drug-likeness (QED) is 0.780. The minimum Gasteiger partial charge on any atom is -0.469 e. The van der Waals surface area contributed by atoms with Crippen molar-refractivity contribution in [2.45, 2.75) is 39.3 Å². The Labute approximate surface area is 121 Å². The minimum absolute atomic E-state index is 0.392. The van der Waals surface area contributed by atoms with Gasteiger partial charge in [-0.05, 0) is 38.5 Å². The molecular formula is C17H23NO2. The van der Waals surface area contributed by atoms with E-state index < -0.39 is 0 Å². The van der Waals surface area contributed by atoms with Crippen molar-refractivity contribution in [3.05, 3.63) is 54.0 Å². The van der Waals surface area contributed by atoms with E-state index in [1.54, 1.807) is 6.26 Å². The average molecular weight is 273 g/mol. The highest BCUT2D eigenvalue weighted by Gasteiger charge is 2.07.